The summed E-state index contributed by atoms with van der Waals surface area (Å²) >= 11 is 0. The molecular weight excluding hydrogens is 146 g/mol. The van der Waals surface area contributed by atoms with Gasteiger partial charge in [-0.2, -0.15) is 0 Å². The quantitative estimate of drug-likeness (QED) is 0.633. The van der Waals surface area contributed by atoms with Crippen LogP contribution < -0.4 is 5.32 Å². The number of hydrogen-bond donors (Lipinski definition) is 1. The second-order valence-electron chi connectivity index (χ2n) is 5.40. The van der Waals surface area contributed by atoms with E-state index in [1.165, 1.54) is 19.3 Å². The molecule has 1 saturated carbocycles. The van der Waals surface area contributed by atoms with Crippen LogP contribution in [0, 0.1) is 11.3 Å². The van der Waals surface area contributed by atoms with Crippen LogP contribution in [0.15, 0.2) is 0 Å². The van der Waals surface area contributed by atoms with Crippen molar-refractivity contribution in [1.29, 1.82) is 0 Å². The Morgan fingerprint density at radius 3 is 2.17 bits per heavy atom. The van der Waals surface area contributed by atoms with Crippen molar-refractivity contribution in [2.45, 2.75) is 58.5 Å². The Kier molecular flexibility index (Phi) is 1.61. The Morgan fingerprint density at radius 1 is 1.33 bits per heavy atom. The van der Waals surface area contributed by atoms with Crippen LogP contribution >= 0.6 is 0 Å². The lowest BCUT2D eigenvalue weighted by molar-refractivity contribution is -0.116. The van der Waals surface area contributed by atoms with Gasteiger partial charge in [-0.25, -0.2) is 0 Å². The second kappa shape index (κ2) is 2.25. The zero-order valence-corrected chi connectivity index (χ0v) is 8.78. The Hall–Kier alpha value is -0.0400. The summed E-state index contributed by atoms with van der Waals surface area (Å²) in [6.07, 6.45) is 4.23. The van der Waals surface area contributed by atoms with Crippen LogP contribution in [0.5, 0.6) is 0 Å². The van der Waals surface area contributed by atoms with Gasteiger partial charge in [0.2, 0.25) is 0 Å². The molecule has 2 fully saturated rings. The van der Waals surface area contributed by atoms with Gasteiger partial charge in [-0.3, -0.25) is 0 Å². The van der Waals surface area contributed by atoms with E-state index in [2.05, 4.69) is 33.0 Å². The highest BCUT2D eigenvalue weighted by Crippen LogP contribution is 2.59. The minimum atomic E-state index is 0.542. The molecular formula is C11H21N. The van der Waals surface area contributed by atoms with E-state index in [-0.39, 0.29) is 0 Å². The standard InChI is InChI=1S/C11H21N/c1-8(2)10(4)5-6-11(10)7-9(3)12-11/h8-9,12H,5-7H2,1-4H3. The Bertz CT molecular complexity index is 191. The first-order valence-corrected chi connectivity index (χ1v) is 5.28. The number of rotatable bonds is 1. The van der Waals surface area contributed by atoms with Crippen LogP contribution in [-0.2, 0) is 0 Å². The molecule has 3 atom stereocenters. The van der Waals surface area contributed by atoms with E-state index in [4.69, 9.17) is 0 Å². The third-order valence-corrected chi connectivity index (χ3v) is 4.62. The summed E-state index contributed by atoms with van der Waals surface area (Å²) in [6, 6.07) is 0.767. The molecule has 1 heteroatoms. The molecule has 0 amide bonds. The first-order chi connectivity index (χ1) is 5.50. The number of hydrogen-bond acceptors (Lipinski definition) is 1. The van der Waals surface area contributed by atoms with Gasteiger partial charge < -0.3 is 5.32 Å². The Balaban J connectivity index is 2.10. The molecule has 0 aromatic carbocycles. The highest BCUT2D eigenvalue weighted by molar-refractivity contribution is 5.18. The summed E-state index contributed by atoms with van der Waals surface area (Å²) in [5, 5.41) is 3.73. The van der Waals surface area contributed by atoms with E-state index in [1.807, 2.05) is 0 Å². The van der Waals surface area contributed by atoms with Gasteiger partial charge in [0.25, 0.3) is 0 Å². The lowest BCUT2D eigenvalue weighted by Gasteiger charge is -2.68. The predicted molar refractivity (Wildman–Crippen MR) is 52.1 cm³/mol. The van der Waals surface area contributed by atoms with Crippen LogP contribution in [-0.4, -0.2) is 11.6 Å². The maximum atomic E-state index is 3.73. The van der Waals surface area contributed by atoms with E-state index >= 15 is 0 Å². The van der Waals surface area contributed by atoms with Crippen LogP contribution in [0.2, 0.25) is 0 Å². The normalized spacial score (nSPS) is 52.2. The fourth-order valence-electron chi connectivity index (χ4n) is 3.21. The number of nitrogens with one attached hydrogen (secondary N) is 1. The lowest BCUT2D eigenvalue weighted by atomic mass is 9.46. The molecule has 1 aliphatic heterocycles. The SMILES string of the molecule is CC1CC2(CCC2(C)C(C)C)N1. The summed E-state index contributed by atoms with van der Waals surface area (Å²) in [7, 11) is 0. The zero-order valence-electron chi connectivity index (χ0n) is 8.78. The molecule has 1 heterocycles. The van der Waals surface area contributed by atoms with Gasteiger partial charge in [0.15, 0.2) is 0 Å². The van der Waals surface area contributed by atoms with E-state index in [1.54, 1.807) is 0 Å². The zero-order chi connectivity index (χ0) is 8.98. The third kappa shape index (κ3) is 0.783. The molecule has 1 nitrogen and oxygen atoms in total. The van der Waals surface area contributed by atoms with E-state index < -0.39 is 0 Å². The molecule has 1 aliphatic carbocycles. The summed E-state index contributed by atoms with van der Waals surface area (Å²) in [5.74, 6) is 0.825. The van der Waals surface area contributed by atoms with Crippen molar-refractivity contribution >= 4 is 0 Å². The van der Waals surface area contributed by atoms with Gasteiger partial charge in [-0.1, -0.05) is 20.8 Å². The molecule has 12 heavy (non-hydrogen) atoms. The first-order valence-electron chi connectivity index (χ1n) is 5.28. The molecule has 0 radical (unpaired) electrons. The highest BCUT2D eigenvalue weighted by Gasteiger charge is 2.61. The van der Waals surface area contributed by atoms with E-state index in [9.17, 15) is 0 Å². The monoisotopic (exact) mass is 167 g/mol. The third-order valence-electron chi connectivity index (χ3n) is 4.62. The summed E-state index contributed by atoms with van der Waals surface area (Å²) in [4.78, 5) is 0. The van der Waals surface area contributed by atoms with Crippen molar-refractivity contribution in [3.05, 3.63) is 0 Å². The molecule has 1 N–H and O–H groups in total. The molecule has 0 aromatic rings. The highest BCUT2D eigenvalue weighted by atomic mass is 15.1. The Morgan fingerprint density at radius 2 is 1.92 bits per heavy atom. The van der Waals surface area contributed by atoms with Gasteiger partial charge in [-0.15, -0.1) is 0 Å². The molecule has 0 aromatic heterocycles. The molecule has 1 saturated heterocycles. The average molecular weight is 167 g/mol. The van der Waals surface area contributed by atoms with Crippen molar-refractivity contribution in [1.82, 2.24) is 5.32 Å². The molecule has 70 valence electrons. The maximum Gasteiger partial charge on any atom is 0.0254 e. The minimum absolute atomic E-state index is 0.542. The van der Waals surface area contributed by atoms with Gasteiger partial charge in [-0.05, 0) is 37.5 Å². The molecule has 2 aliphatic rings. The van der Waals surface area contributed by atoms with Gasteiger partial charge in [0, 0.05) is 11.6 Å². The van der Waals surface area contributed by atoms with Crippen molar-refractivity contribution in [3.63, 3.8) is 0 Å². The predicted octanol–water partition coefficient (Wildman–Crippen LogP) is 2.56. The van der Waals surface area contributed by atoms with Crippen molar-refractivity contribution in [2.75, 3.05) is 0 Å². The van der Waals surface area contributed by atoms with Crippen molar-refractivity contribution in [3.8, 4) is 0 Å². The fraction of sp³-hybridized carbons (Fsp3) is 1.00. The molecule has 0 bridgehead atoms. The minimum Gasteiger partial charge on any atom is -0.308 e. The maximum absolute atomic E-state index is 3.73. The van der Waals surface area contributed by atoms with Crippen LogP contribution in [0.3, 0.4) is 0 Å². The largest absolute Gasteiger partial charge is 0.308 e. The van der Waals surface area contributed by atoms with Crippen LogP contribution in [0.1, 0.15) is 47.0 Å². The lowest BCUT2D eigenvalue weighted by Crippen LogP contribution is -2.76. The smallest absolute Gasteiger partial charge is 0.0254 e. The van der Waals surface area contributed by atoms with Gasteiger partial charge >= 0.3 is 0 Å². The summed E-state index contributed by atoms with van der Waals surface area (Å²) in [6.45, 7) is 9.49. The van der Waals surface area contributed by atoms with E-state index in [0.717, 1.165) is 12.0 Å². The van der Waals surface area contributed by atoms with E-state index in [0.29, 0.717) is 11.0 Å². The van der Waals surface area contributed by atoms with Crippen molar-refractivity contribution < 1.29 is 0 Å². The molecule has 1 spiro atoms. The average Bonchev–Trinajstić information content (AvgIpc) is 1.94. The Labute approximate surface area is 75.9 Å². The second-order valence-corrected chi connectivity index (χ2v) is 5.40. The summed E-state index contributed by atoms with van der Waals surface area (Å²) < 4.78 is 0. The van der Waals surface area contributed by atoms with Gasteiger partial charge in [0.1, 0.15) is 0 Å². The molecule has 2 rings (SSSR count). The van der Waals surface area contributed by atoms with Crippen molar-refractivity contribution in [2.24, 2.45) is 11.3 Å². The first kappa shape index (κ1) is 8.55. The fourth-order valence-corrected chi connectivity index (χ4v) is 3.21. The molecule has 3 unspecified atom stereocenters. The topological polar surface area (TPSA) is 12.0 Å². The van der Waals surface area contributed by atoms with Crippen LogP contribution in [0.4, 0.5) is 0 Å². The van der Waals surface area contributed by atoms with Crippen LogP contribution in [0.25, 0.3) is 0 Å². The van der Waals surface area contributed by atoms with Gasteiger partial charge in [0.05, 0.1) is 0 Å². The summed E-state index contributed by atoms with van der Waals surface area (Å²) in [5.41, 5.74) is 1.13.